The van der Waals surface area contributed by atoms with Crippen LogP contribution in [-0.2, 0) is 15.0 Å². The number of nitrogens with one attached hydrogen (secondary N) is 1. The maximum atomic E-state index is 13.1. The van der Waals surface area contributed by atoms with Crippen LogP contribution in [-0.4, -0.2) is 71.8 Å². The zero-order valence-corrected chi connectivity index (χ0v) is 15.9. The molecule has 1 aromatic carbocycles. The molecule has 4 amide bonds. The van der Waals surface area contributed by atoms with Crippen LogP contribution in [0.4, 0.5) is 10.5 Å². The Labute approximate surface area is 159 Å². The molecule has 2 atom stereocenters. The lowest BCUT2D eigenvalue weighted by atomic mass is 9.73. The number of likely N-dealkylation sites (tertiary alicyclic amines) is 1. The van der Waals surface area contributed by atoms with Gasteiger partial charge < -0.3 is 20.0 Å². The van der Waals surface area contributed by atoms with Crippen molar-refractivity contribution in [3.63, 3.8) is 0 Å². The van der Waals surface area contributed by atoms with Crippen LogP contribution in [0.2, 0.25) is 0 Å². The molecule has 27 heavy (non-hydrogen) atoms. The van der Waals surface area contributed by atoms with Crippen molar-refractivity contribution in [1.29, 1.82) is 0 Å². The predicted octanol–water partition coefficient (Wildman–Crippen LogP) is 1.64. The van der Waals surface area contributed by atoms with E-state index in [-0.39, 0.29) is 30.4 Å². The van der Waals surface area contributed by atoms with Crippen LogP contribution in [0.1, 0.15) is 31.7 Å². The first-order chi connectivity index (χ1) is 13.0. The second kappa shape index (κ2) is 6.55. The number of likely N-dealkylation sites (N-methyl/N-ethyl adjacent to an activating group) is 1. The van der Waals surface area contributed by atoms with Gasteiger partial charge in [0.25, 0.3) is 0 Å². The summed E-state index contributed by atoms with van der Waals surface area (Å²) in [5, 5.41) is 3.02. The average Bonchev–Trinajstić information content (AvgIpc) is 3.28. The van der Waals surface area contributed by atoms with E-state index in [9.17, 15) is 14.4 Å². The number of urea groups is 1. The fourth-order valence-corrected chi connectivity index (χ4v) is 4.88. The van der Waals surface area contributed by atoms with Gasteiger partial charge in [0.05, 0.1) is 11.5 Å². The smallest absolute Gasteiger partial charge is 0.320 e. The standard InChI is InChI=1S/C20H26N4O3/c1-3-6-16-20(14-7-4-5-8-15(14)21-18(20)26)9-10-24(16)17(25)13-23-12-11-22(2)19(23)27/h4-5,7-8,16H,3,6,9-13H2,1-2H3,(H,21,26)/t16-,20+/m0/s1. The minimum absolute atomic E-state index is 0.00516. The van der Waals surface area contributed by atoms with E-state index < -0.39 is 5.41 Å². The second-order valence-electron chi connectivity index (χ2n) is 7.74. The Morgan fingerprint density at radius 1 is 1.22 bits per heavy atom. The van der Waals surface area contributed by atoms with Crippen molar-refractivity contribution >= 4 is 23.5 Å². The van der Waals surface area contributed by atoms with Gasteiger partial charge in [0.2, 0.25) is 11.8 Å². The molecule has 2 fully saturated rings. The van der Waals surface area contributed by atoms with Gasteiger partial charge >= 0.3 is 6.03 Å². The van der Waals surface area contributed by atoms with Crippen LogP contribution >= 0.6 is 0 Å². The molecule has 3 aliphatic rings. The van der Waals surface area contributed by atoms with Gasteiger partial charge in [-0.05, 0) is 24.5 Å². The highest BCUT2D eigenvalue weighted by Crippen LogP contribution is 2.49. The Morgan fingerprint density at radius 3 is 2.70 bits per heavy atom. The number of rotatable bonds is 4. The Hall–Kier alpha value is -2.57. The highest BCUT2D eigenvalue weighted by Gasteiger charge is 2.58. The normalized spacial score (nSPS) is 26.9. The second-order valence-corrected chi connectivity index (χ2v) is 7.74. The first-order valence-corrected chi connectivity index (χ1v) is 9.69. The van der Waals surface area contributed by atoms with Gasteiger partial charge in [0.15, 0.2) is 0 Å². The summed E-state index contributed by atoms with van der Waals surface area (Å²) >= 11 is 0. The summed E-state index contributed by atoms with van der Waals surface area (Å²) in [6.45, 7) is 3.92. The molecule has 1 N–H and O–H groups in total. The summed E-state index contributed by atoms with van der Waals surface area (Å²) in [6.07, 6.45) is 2.28. The summed E-state index contributed by atoms with van der Waals surface area (Å²) < 4.78 is 0. The van der Waals surface area contributed by atoms with Crippen LogP contribution in [0.25, 0.3) is 0 Å². The molecule has 7 nitrogen and oxygen atoms in total. The average molecular weight is 370 g/mol. The molecule has 0 unspecified atom stereocenters. The first kappa shape index (κ1) is 17.8. The maximum Gasteiger partial charge on any atom is 0.320 e. The van der Waals surface area contributed by atoms with Crippen LogP contribution in [0.15, 0.2) is 24.3 Å². The fraction of sp³-hybridized carbons (Fsp3) is 0.550. The van der Waals surface area contributed by atoms with Crippen LogP contribution < -0.4 is 5.32 Å². The fourth-order valence-electron chi connectivity index (χ4n) is 4.88. The minimum Gasteiger partial charge on any atom is -0.337 e. The van der Waals surface area contributed by atoms with Gasteiger partial charge in [0.1, 0.15) is 6.54 Å². The van der Waals surface area contributed by atoms with E-state index in [1.54, 1.807) is 16.8 Å². The molecule has 2 saturated heterocycles. The zero-order valence-electron chi connectivity index (χ0n) is 15.9. The van der Waals surface area contributed by atoms with Crippen LogP contribution in [0.3, 0.4) is 0 Å². The Morgan fingerprint density at radius 2 is 2.00 bits per heavy atom. The number of hydrogen-bond donors (Lipinski definition) is 1. The number of carbonyl (C=O) groups excluding carboxylic acids is 3. The van der Waals surface area contributed by atoms with Gasteiger partial charge in [-0.15, -0.1) is 0 Å². The van der Waals surface area contributed by atoms with Crippen LogP contribution in [0, 0.1) is 0 Å². The number of benzene rings is 1. The molecular formula is C20H26N4O3. The minimum atomic E-state index is -0.673. The molecule has 1 aromatic rings. The number of hydrogen-bond acceptors (Lipinski definition) is 3. The first-order valence-electron chi connectivity index (χ1n) is 9.69. The van der Waals surface area contributed by atoms with E-state index in [0.29, 0.717) is 26.1 Å². The number of fused-ring (bicyclic) bond motifs is 2. The molecule has 4 rings (SSSR count). The lowest BCUT2D eigenvalue weighted by Crippen LogP contribution is -2.51. The monoisotopic (exact) mass is 370 g/mol. The van der Waals surface area contributed by atoms with Gasteiger partial charge in [-0.1, -0.05) is 31.5 Å². The van der Waals surface area contributed by atoms with E-state index >= 15 is 0 Å². The highest BCUT2D eigenvalue weighted by atomic mass is 16.2. The molecule has 3 aliphatic heterocycles. The number of anilines is 1. The Kier molecular flexibility index (Phi) is 4.32. The quantitative estimate of drug-likeness (QED) is 0.876. The number of para-hydroxylation sites is 1. The van der Waals surface area contributed by atoms with Crippen molar-refractivity contribution < 1.29 is 14.4 Å². The molecular weight excluding hydrogens is 344 g/mol. The van der Waals surface area contributed by atoms with Crippen molar-refractivity contribution in [2.45, 2.75) is 37.6 Å². The number of amides is 4. The topological polar surface area (TPSA) is 73.0 Å². The molecule has 1 spiro atoms. The summed E-state index contributed by atoms with van der Waals surface area (Å²) in [4.78, 5) is 43.3. The van der Waals surface area contributed by atoms with Crippen molar-refractivity contribution in [2.75, 3.05) is 38.5 Å². The van der Waals surface area contributed by atoms with Crippen molar-refractivity contribution in [3.8, 4) is 0 Å². The Bertz CT molecular complexity index is 795. The third-order valence-corrected chi connectivity index (χ3v) is 6.26. The number of carbonyl (C=O) groups is 3. The van der Waals surface area contributed by atoms with Gasteiger partial charge in [-0.25, -0.2) is 4.79 Å². The van der Waals surface area contributed by atoms with Gasteiger partial charge in [-0.3, -0.25) is 9.59 Å². The van der Waals surface area contributed by atoms with Crippen molar-refractivity contribution in [2.24, 2.45) is 0 Å². The SMILES string of the molecule is CCC[C@@H]1N(C(=O)CN2CCN(C)C2=O)CC[C@]12C(=O)Nc1ccccc12. The van der Waals surface area contributed by atoms with E-state index in [2.05, 4.69) is 12.2 Å². The highest BCUT2D eigenvalue weighted by molar-refractivity contribution is 6.07. The molecule has 0 saturated carbocycles. The third-order valence-electron chi connectivity index (χ3n) is 6.26. The molecule has 0 aromatic heterocycles. The van der Waals surface area contributed by atoms with E-state index in [1.807, 2.05) is 29.2 Å². The van der Waals surface area contributed by atoms with Crippen LogP contribution in [0.5, 0.6) is 0 Å². The molecule has 144 valence electrons. The molecule has 3 heterocycles. The Balaban J connectivity index is 1.61. The van der Waals surface area contributed by atoms with Gasteiger partial charge in [-0.2, -0.15) is 0 Å². The zero-order chi connectivity index (χ0) is 19.2. The number of nitrogens with zero attached hydrogens (tertiary/aromatic N) is 3. The van der Waals surface area contributed by atoms with Gasteiger partial charge in [0, 0.05) is 32.4 Å². The largest absolute Gasteiger partial charge is 0.337 e. The lowest BCUT2D eigenvalue weighted by Gasteiger charge is -2.34. The summed E-state index contributed by atoms with van der Waals surface area (Å²) in [5.41, 5.74) is 1.18. The van der Waals surface area contributed by atoms with Crippen molar-refractivity contribution in [3.05, 3.63) is 29.8 Å². The lowest BCUT2D eigenvalue weighted by molar-refractivity contribution is -0.134. The third kappa shape index (κ3) is 2.59. The predicted molar refractivity (Wildman–Crippen MR) is 101 cm³/mol. The molecule has 0 radical (unpaired) electrons. The molecule has 0 bridgehead atoms. The molecule has 0 aliphatic carbocycles. The van der Waals surface area contributed by atoms with Crippen molar-refractivity contribution in [1.82, 2.24) is 14.7 Å². The van der Waals surface area contributed by atoms with E-state index in [0.717, 1.165) is 24.1 Å². The molecule has 7 heteroatoms. The summed E-state index contributed by atoms with van der Waals surface area (Å²) in [7, 11) is 1.75. The van der Waals surface area contributed by atoms with E-state index in [1.165, 1.54) is 0 Å². The van der Waals surface area contributed by atoms with E-state index in [4.69, 9.17) is 0 Å². The maximum absolute atomic E-state index is 13.1. The summed E-state index contributed by atoms with van der Waals surface area (Å²) in [5.74, 6) is -0.0689. The summed E-state index contributed by atoms with van der Waals surface area (Å²) in [6, 6.07) is 7.52.